The number of halogens is 3. The molecule has 0 unspecified atom stereocenters. The van der Waals surface area contributed by atoms with E-state index in [1.807, 2.05) is 0 Å². The zero-order valence-corrected chi connectivity index (χ0v) is 15.2. The van der Waals surface area contributed by atoms with E-state index in [1.165, 1.54) is 19.1 Å². The fourth-order valence-electron chi connectivity index (χ4n) is 2.30. The molecule has 2 aromatic carbocycles. The second-order valence-corrected chi connectivity index (χ2v) is 7.52. The quantitative estimate of drug-likeness (QED) is 0.754. The Kier molecular flexibility index (Phi) is 5.98. The molecule has 0 bridgehead atoms. The van der Waals surface area contributed by atoms with Gasteiger partial charge in [0.25, 0.3) is 10.0 Å². The Morgan fingerprint density at radius 1 is 1.04 bits per heavy atom. The van der Waals surface area contributed by atoms with Gasteiger partial charge in [-0.2, -0.15) is 13.2 Å². The van der Waals surface area contributed by atoms with Crippen LogP contribution in [0.4, 0.5) is 24.5 Å². The third-order valence-electron chi connectivity index (χ3n) is 3.52. The van der Waals surface area contributed by atoms with Gasteiger partial charge in [-0.1, -0.05) is 0 Å². The fraction of sp³-hybridized carbons (Fsp3) is 0.176. The van der Waals surface area contributed by atoms with Crippen molar-refractivity contribution in [2.24, 2.45) is 0 Å². The molecule has 11 heteroatoms. The third-order valence-corrected chi connectivity index (χ3v) is 5.31. The molecule has 0 aliphatic heterocycles. The van der Waals surface area contributed by atoms with E-state index in [2.05, 4.69) is 5.32 Å². The monoisotopic (exact) mass is 416 g/mol. The second-order valence-electron chi connectivity index (χ2n) is 5.66. The molecule has 0 fully saturated rings. The smallest absolute Gasteiger partial charge is 0.416 e. The highest BCUT2D eigenvalue weighted by molar-refractivity contribution is 7.92. The number of carbonyl (C=O) groups excluding carboxylic acids is 1. The molecule has 28 heavy (non-hydrogen) atoms. The Balaban J connectivity index is 2.43. The average Bonchev–Trinajstić information content (AvgIpc) is 2.59. The number of benzene rings is 2. The van der Waals surface area contributed by atoms with Crippen LogP contribution in [0.15, 0.2) is 53.4 Å². The van der Waals surface area contributed by atoms with Crippen LogP contribution in [-0.2, 0) is 25.8 Å². The molecule has 2 rings (SSSR count). The molecule has 1 amide bonds. The van der Waals surface area contributed by atoms with E-state index in [-0.39, 0.29) is 16.5 Å². The Hall–Kier alpha value is -3.08. The molecule has 150 valence electrons. The van der Waals surface area contributed by atoms with E-state index in [0.717, 1.165) is 24.3 Å². The molecule has 0 aliphatic rings. The zero-order chi connectivity index (χ0) is 21.1. The van der Waals surface area contributed by atoms with E-state index < -0.39 is 34.3 Å². The summed E-state index contributed by atoms with van der Waals surface area (Å²) in [6.45, 7) is 0.283. The van der Waals surface area contributed by atoms with Gasteiger partial charge >= 0.3 is 12.1 Å². The number of hydrogen-bond donors (Lipinski definition) is 2. The van der Waals surface area contributed by atoms with Crippen LogP contribution in [0.1, 0.15) is 12.5 Å². The van der Waals surface area contributed by atoms with Crippen molar-refractivity contribution in [1.29, 1.82) is 0 Å². The van der Waals surface area contributed by atoms with Crippen molar-refractivity contribution < 1.29 is 36.3 Å². The van der Waals surface area contributed by atoms with Crippen molar-refractivity contribution in [1.82, 2.24) is 0 Å². The van der Waals surface area contributed by atoms with Crippen molar-refractivity contribution in [2.75, 3.05) is 16.2 Å². The van der Waals surface area contributed by atoms with E-state index in [0.29, 0.717) is 22.1 Å². The van der Waals surface area contributed by atoms with Crippen LogP contribution in [0.25, 0.3) is 0 Å². The summed E-state index contributed by atoms with van der Waals surface area (Å²) in [5, 5.41) is 11.5. The van der Waals surface area contributed by atoms with Gasteiger partial charge in [-0.15, -0.1) is 0 Å². The zero-order valence-electron chi connectivity index (χ0n) is 14.4. The Labute approximate surface area is 158 Å². The summed E-state index contributed by atoms with van der Waals surface area (Å²) >= 11 is 0. The van der Waals surface area contributed by atoms with Gasteiger partial charge in [0.15, 0.2) is 0 Å². The minimum atomic E-state index is -4.62. The lowest BCUT2D eigenvalue weighted by Gasteiger charge is -2.23. The lowest BCUT2D eigenvalue weighted by atomic mass is 10.2. The number of hydrogen-bond acceptors (Lipinski definition) is 4. The molecule has 0 spiro atoms. The van der Waals surface area contributed by atoms with Gasteiger partial charge in [-0.25, -0.2) is 8.42 Å². The first-order valence-corrected chi connectivity index (χ1v) is 9.15. The fourth-order valence-corrected chi connectivity index (χ4v) is 3.71. The summed E-state index contributed by atoms with van der Waals surface area (Å²) in [6, 6.07) is 8.02. The molecule has 2 N–H and O–H groups in total. The summed E-state index contributed by atoms with van der Waals surface area (Å²) < 4.78 is 64.3. The number of anilines is 2. The van der Waals surface area contributed by atoms with Gasteiger partial charge in [0.2, 0.25) is 5.91 Å². The Bertz CT molecular complexity index is 971. The Morgan fingerprint density at radius 3 is 2.00 bits per heavy atom. The molecule has 0 aromatic heterocycles. The predicted molar refractivity (Wildman–Crippen MR) is 94.4 cm³/mol. The van der Waals surface area contributed by atoms with Gasteiger partial charge in [0.05, 0.1) is 16.1 Å². The topological polar surface area (TPSA) is 104 Å². The molecule has 0 heterocycles. The molecule has 0 saturated carbocycles. The lowest BCUT2D eigenvalue weighted by Crippen LogP contribution is -2.35. The number of rotatable bonds is 6. The van der Waals surface area contributed by atoms with Crippen LogP contribution < -0.4 is 9.62 Å². The van der Waals surface area contributed by atoms with E-state index in [9.17, 15) is 31.2 Å². The second kappa shape index (κ2) is 7.89. The number of sulfonamides is 1. The summed E-state index contributed by atoms with van der Waals surface area (Å²) in [6.07, 6.45) is -4.62. The molecular formula is C17H15F3N2O5S. The predicted octanol–water partition coefficient (Wildman–Crippen LogP) is 2.94. The highest BCUT2D eigenvalue weighted by atomic mass is 32.2. The minimum absolute atomic E-state index is 0.235. The van der Waals surface area contributed by atoms with Crippen molar-refractivity contribution in [3.63, 3.8) is 0 Å². The molecule has 0 atom stereocenters. The number of amides is 1. The van der Waals surface area contributed by atoms with Crippen molar-refractivity contribution in [2.45, 2.75) is 18.0 Å². The van der Waals surface area contributed by atoms with Crippen LogP contribution in [0.3, 0.4) is 0 Å². The van der Waals surface area contributed by atoms with E-state index in [1.54, 1.807) is 0 Å². The molecule has 0 radical (unpaired) electrons. The first kappa shape index (κ1) is 21.2. The van der Waals surface area contributed by atoms with Gasteiger partial charge in [0.1, 0.15) is 6.54 Å². The first-order chi connectivity index (χ1) is 12.9. The number of carboxylic acids is 1. The van der Waals surface area contributed by atoms with Crippen molar-refractivity contribution >= 4 is 33.3 Å². The summed E-state index contributed by atoms with van der Waals surface area (Å²) in [5.41, 5.74) is -0.907. The highest BCUT2D eigenvalue weighted by Crippen LogP contribution is 2.32. The molecular weight excluding hydrogens is 401 g/mol. The SMILES string of the molecule is CC(=O)Nc1ccc(S(=O)(=O)N(CC(=O)O)c2ccc(C(F)(F)F)cc2)cc1. The molecule has 0 saturated heterocycles. The number of carbonyl (C=O) groups is 2. The maximum absolute atomic E-state index is 12.8. The van der Waals surface area contributed by atoms with Crippen molar-refractivity contribution in [3.8, 4) is 0 Å². The Morgan fingerprint density at radius 2 is 1.57 bits per heavy atom. The van der Waals surface area contributed by atoms with Crippen LogP contribution in [0, 0.1) is 0 Å². The largest absolute Gasteiger partial charge is 0.480 e. The van der Waals surface area contributed by atoms with E-state index in [4.69, 9.17) is 5.11 Å². The summed E-state index contributed by atoms with van der Waals surface area (Å²) in [4.78, 5) is 21.9. The molecule has 0 aliphatic carbocycles. The van der Waals surface area contributed by atoms with Crippen LogP contribution >= 0.6 is 0 Å². The number of nitrogens with zero attached hydrogens (tertiary/aromatic N) is 1. The average molecular weight is 416 g/mol. The number of carboxylic acid groups (broad SMARTS) is 1. The minimum Gasteiger partial charge on any atom is -0.480 e. The number of aliphatic carboxylic acids is 1. The van der Waals surface area contributed by atoms with Gasteiger partial charge < -0.3 is 10.4 Å². The maximum atomic E-state index is 12.8. The highest BCUT2D eigenvalue weighted by Gasteiger charge is 2.32. The van der Waals surface area contributed by atoms with Gasteiger partial charge in [-0.3, -0.25) is 13.9 Å². The third kappa shape index (κ3) is 5.00. The normalized spacial score (nSPS) is 11.7. The first-order valence-electron chi connectivity index (χ1n) is 7.70. The number of nitrogens with one attached hydrogen (secondary N) is 1. The summed E-state index contributed by atoms with van der Waals surface area (Å²) in [7, 11) is -4.38. The number of alkyl halides is 3. The molecule has 7 nitrogen and oxygen atoms in total. The van der Waals surface area contributed by atoms with E-state index >= 15 is 0 Å². The standard InChI is InChI=1S/C17H15F3N2O5S/c1-11(23)21-13-4-8-15(9-5-13)28(26,27)22(10-16(24)25)14-6-2-12(3-7-14)17(18,19)20/h2-9H,10H2,1H3,(H,21,23)(H,24,25). The van der Waals surface area contributed by atoms with Gasteiger partial charge in [-0.05, 0) is 48.5 Å². The van der Waals surface area contributed by atoms with Crippen LogP contribution in [-0.4, -0.2) is 31.9 Å². The molecule has 2 aromatic rings. The maximum Gasteiger partial charge on any atom is 0.416 e. The van der Waals surface area contributed by atoms with Crippen molar-refractivity contribution in [3.05, 3.63) is 54.1 Å². The van der Waals surface area contributed by atoms with Crippen LogP contribution in [0.2, 0.25) is 0 Å². The summed E-state index contributed by atoms with van der Waals surface area (Å²) in [5.74, 6) is -1.86. The lowest BCUT2D eigenvalue weighted by molar-refractivity contribution is -0.138. The van der Waals surface area contributed by atoms with Gasteiger partial charge in [0, 0.05) is 12.6 Å². The van der Waals surface area contributed by atoms with Crippen LogP contribution in [0.5, 0.6) is 0 Å².